The molecule has 0 unspecified atom stereocenters. The lowest BCUT2D eigenvalue weighted by Gasteiger charge is -2.09. The van der Waals surface area contributed by atoms with E-state index in [-0.39, 0.29) is 0 Å². The lowest BCUT2D eigenvalue weighted by Crippen LogP contribution is -1.96. The third kappa shape index (κ3) is 2.50. The fourth-order valence-corrected chi connectivity index (χ4v) is 2.08. The van der Waals surface area contributed by atoms with Crippen molar-refractivity contribution in [2.45, 2.75) is 27.2 Å². The minimum atomic E-state index is 0.805. The SMILES string of the molecule is CCc1cc(-c2cc(C)nc(C)n2)ccc1OC. The molecule has 1 heterocycles. The van der Waals surface area contributed by atoms with Crippen molar-refractivity contribution >= 4 is 0 Å². The summed E-state index contributed by atoms with van der Waals surface area (Å²) in [6.45, 7) is 6.03. The molecule has 2 rings (SSSR count). The van der Waals surface area contributed by atoms with Crippen LogP contribution in [-0.2, 0) is 6.42 Å². The third-order valence-electron chi connectivity index (χ3n) is 2.92. The Kier molecular flexibility index (Phi) is 3.60. The van der Waals surface area contributed by atoms with Crippen molar-refractivity contribution in [2.24, 2.45) is 0 Å². The third-order valence-corrected chi connectivity index (χ3v) is 2.92. The van der Waals surface area contributed by atoms with E-state index in [9.17, 15) is 0 Å². The zero-order valence-electron chi connectivity index (χ0n) is 11.3. The summed E-state index contributed by atoms with van der Waals surface area (Å²) in [6, 6.07) is 8.19. The van der Waals surface area contributed by atoms with E-state index in [2.05, 4.69) is 23.0 Å². The molecule has 0 N–H and O–H groups in total. The molecule has 1 aromatic carbocycles. The number of methoxy groups -OCH3 is 1. The van der Waals surface area contributed by atoms with Gasteiger partial charge in [0.1, 0.15) is 11.6 Å². The van der Waals surface area contributed by atoms with Crippen LogP contribution < -0.4 is 4.74 Å². The van der Waals surface area contributed by atoms with Crippen molar-refractivity contribution < 1.29 is 4.74 Å². The van der Waals surface area contributed by atoms with Gasteiger partial charge in [0, 0.05) is 11.3 Å². The molecule has 0 aliphatic carbocycles. The summed E-state index contributed by atoms with van der Waals surface area (Å²) in [6.07, 6.45) is 0.945. The van der Waals surface area contributed by atoms with E-state index in [1.165, 1.54) is 5.56 Å². The molecule has 94 valence electrons. The number of aryl methyl sites for hydroxylation is 3. The van der Waals surface area contributed by atoms with Gasteiger partial charge in [-0.25, -0.2) is 9.97 Å². The van der Waals surface area contributed by atoms with Gasteiger partial charge in [-0.3, -0.25) is 0 Å². The van der Waals surface area contributed by atoms with Gasteiger partial charge in [-0.2, -0.15) is 0 Å². The Morgan fingerprint density at radius 1 is 1.11 bits per heavy atom. The summed E-state index contributed by atoms with van der Waals surface area (Å²) in [7, 11) is 1.70. The molecule has 3 nitrogen and oxygen atoms in total. The van der Waals surface area contributed by atoms with E-state index >= 15 is 0 Å². The highest BCUT2D eigenvalue weighted by molar-refractivity contribution is 5.62. The molecule has 0 saturated heterocycles. The number of hydrogen-bond acceptors (Lipinski definition) is 3. The lowest BCUT2D eigenvalue weighted by atomic mass is 10.0. The molecule has 0 spiro atoms. The van der Waals surface area contributed by atoms with Crippen LogP contribution in [0, 0.1) is 13.8 Å². The van der Waals surface area contributed by atoms with E-state index < -0.39 is 0 Å². The van der Waals surface area contributed by atoms with E-state index in [0.29, 0.717) is 0 Å². The predicted molar refractivity (Wildman–Crippen MR) is 72.9 cm³/mol. The molecule has 0 radical (unpaired) electrons. The average molecular weight is 242 g/mol. The zero-order valence-corrected chi connectivity index (χ0v) is 11.3. The average Bonchev–Trinajstić information content (AvgIpc) is 2.36. The topological polar surface area (TPSA) is 35.0 Å². The maximum absolute atomic E-state index is 5.34. The van der Waals surface area contributed by atoms with Gasteiger partial charge in [-0.15, -0.1) is 0 Å². The van der Waals surface area contributed by atoms with Crippen molar-refractivity contribution in [3.8, 4) is 17.0 Å². The molecule has 2 aromatic rings. The standard InChI is InChI=1S/C15H18N2O/c1-5-12-9-13(6-7-15(12)18-4)14-8-10(2)16-11(3)17-14/h6-9H,5H2,1-4H3. The van der Waals surface area contributed by atoms with E-state index in [4.69, 9.17) is 4.74 Å². The van der Waals surface area contributed by atoms with E-state index in [1.54, 1.807) is 7.11 Å². The molecular formula is C15H18N2O. The molecule has 0 aliphatic heterocycles. The van der Waals surface area contributed by atoms with Crippen molar-refractivity contribution in [2.75, 3.05) is 7.11 Å². The fraction of sp³-hybridized carbons (Fsp3) is 0.333. The summed E-state index contributed by atoms with van der Waals surface area (Å²) in [5, 5.41) is 0. The highest BCUT2D eigenvalue weighted by atomic mass is 16.5. The van der Waals surface area contributed by atoms with Crippen molar-refractivity contribution in [1.82, 2.24) is 9.97 Å². The van der Waals surface area contributed by atoms with Gasteiger partial charge in [0.15, 0.2) is 0 Å². The second-order valence-electron chi connectivity index (χ2n) is 4.32. The van der Waals surface area contributed by atoms with E-state index in [1.807, 2.05) is 32.0 Å². The van der Waals surface area contributed by atoms with Crippen LogP contribution in [0.25, 0.3) is 11.3 Å². The van der Waals surface area contributed by atoms with Crippen LogP contribution in [0.2, 0.25) is 0 Å². The number of benzene rings is 1. The van der Waals surface area contributed by atoms with Crippen LogP contribution in [0.15, 0.2) is 24.3 Å². The number of nitrogens with zero attached hydrogens (tertiary/aromatic N) is 2. The van der Waals surface area contributed by atoms with Crippen LogP contribution in [0.1, 0.15) is 24.0 Å². The quantitative estimate of drug-likeness (QED) is 0.828. The maximum atomic E-state index is 5.34. The Balaban J connectivity index is 2.50. The Labute approximate surface area is 108 Å². The Hall–Kier alpha value is -1.90. The monoisotopic (exact) mass is 242 g/mol. The summed E-state index contributed by atoms with van der Waals surface area (Å²) in [5.41, 5.74) is 4.27. The fourth-order valence-electron chi connectivity index (χ4n) is 2.08. The first kappa shape index (κ1) is 12.6. The Morgan fingerprint density at radius 3 is 2.50 bits per heavy atom. The van der Waals surface area contributed by atoms with Crippen LogP contribution in [0.3, 0.4) is 0 Å². The minimum Gasteiger partial charge on any atom is -0.496 e. The minimum absolute atomic E-state index is 0.805. The Bertz CT molecular complexity index is 544. The number of ether oxygens (including phenoxy) is 1. The molecule has 0 amide bonds. The van der Waals surface area contributed by atoms with Crippen molar-refractivity contribution in [3.63, 3.8) is 0 Å². The van der Waals surface area contributed by atoms with Gasteiger partial charge in [0.2, 0.25) is 0 Å². The molecule has 0 fully saturated rings. The van der Waals surface area contributed by atoms with Gasteiger partial charge in [0.05, 0.1) is 12.8 Å². The molecule has 18 heavy (non-hydrogen) atoms. The summed E-state index contributed by atoms with van der Waals surface area (Å²) >= 11 is 0. The molecule has 0 atom stereocenters. The summed E-state index contributed by atoms with van der Waals surface area (Å²) in [4.78, 5) is 8.78. The highest BCUT2D eigenvalue weighted by Gasteiger charge is 2.06. The number of aromatic nitrogens is 2. The first-order valence-corrected chi connectivity index (χ1v) is 6.13. The van der Waals surface area contributed by atoms with Crippen LogP contribution in [0.4, 0.5) is 0 Å². The first-order chi connectivity index (χ1) is 8.63. The first-order valence-electron chi connectivity index (χ1n) is 6.13. The highest BCUT2D eigenvalue weighted by Crippen LogP contribution is 2.26. The summed E-state index contributed by atoms with van der Waals surface area (Å²) < 4.78 is 5.34. The van der Waals surface area contributed by atoms with Gasteiger partial charge in [-0.05, 0) is 50.1 Å². The van der Waals surface area contributed by atoms with Crippen molar-refractivity contribution in [3.05, 3.63) is 41.3 Å². The molecule has 0 aliphatic rings. The van der Waals surface area contributed by atoms with E-state index in [0.717, 1.165) is 34.9 Å². The van der Waals surface area contributed by atoms with Gasteiger partial charge >= 0.3 is 0 Å². The second kappa shape index (κ2) is 5.17. The largest absolute Gasteiger partial charge is 0.496 e. The molecule has 1 aromatic heterocycles. The van der Waals surface area contributed by atoms with Crippen molar-refractivity contribution in [1.29, 1.82) is 0 Å². The molecular weight excluding hydrogens is 224 g/mol. The molecule has 3 heteroatoms. The number of rotatable bonds is 3. The summed E-state index contributed by atoms with van der Waals surface area (Å²) in [5.74, 6) is 1.74. The molecule has 0 bridgehead atoms. The second-order valence-corrected chi connectivity index (χ2v) is 4.32. The van der Waals surface area contributed by atoms with Gasteiger partial charge < -0.3 is 4.74 Å². The predicted octanol–water partition coefficient (Wildman–Crippen LogP) is 3.33. The van der Waals surface area contributed by atoms with Crippen LogP contribution in [-0.4, -0.2) is 17.1 Å². The van der Waals surface area contributed by atoms with Gasteiger partial charge in [-0.1, -0.05) is 6.92 Å². The lowest BCUT2D eigenvalue weighted by molar-refractivity contribution is 0.410. The zero-order chi connectivity index (χ0) is 13.1. The Morgan fingerprint density at radius 2 is 1.89 bits per heavy atom. The maximum Gasteiger partial charge on any atom is 0.126 e. The van der Waals surface area contributed by atoms with Crippen LogP contribution in [0.5, 0.6) is 5.75 Å². The smallest absolute Gasteiger partial charge is 0.126 e. The van der Waals surface area contributed by atoms with Gasteiger partial charge in [0.25, 0.3) is 0 Å². The van der Waals surface area contributed by atoms with Crippen LogP contribution >= 0.6 is 0 Å². The number of hydrogen-bond donors (Lipinski definition) is 0. The molecule has 0 saturated carbocycles. The normalized spacial score (nSPS) is 10.4.